The van der Waals surface area contributed by atoms with Gasteiger partial charge in [0.05, 0.1) is 6.42 Å². The molecule has 7 nitrogen and oxygen atoms in total. The molecule has 8 heteroatoms. The molecule has 0 fully saturated rings. The second kappa shape index (κ2) is 11.0. The van der Waals surface area contributed by atoms with Crippen molar-refractivity contribution in [3.05, 3.63) is 30.1 Å². The third-order valence-electron chi connectivity index (χ3n) is 3.23. The molecule has 0 spiro atoms. The van der Waals surface area contributed by atoms with E-state index in [9.17, 15) is 18.8 Å². The Morgan fingerprint density at radius 1 is 1.00 bits per heavy atom. The second-order valence-electron chi connectivity index (χ2n) is 5.50. The van der Waals surface area contributed by atoms with Gasteiger partial charge in [0.1, 0.15) is 11.9 Å². The molecular weight excluding hydrogens is 327 g/mol. The van der Waals surface area contributed by atoms with Gasteiger partial charge in [-0.3, -0.25) is 9.59 Å². The summed E-state index contributed by atoms with van der Waals surface area (Å²) in [6.07, 6.45) is 1.35. The van der Waals surface area contributed by atoms with Gasteiger partial charge in [-0.05, 0) is 37.1 Å². The van der Waals surface area contributed by atoms with Crippen LogP contribution in [0.3, 0.4) is 0 Å². The van der Waals surface area contributed by atoms with Gasteiger partial charge in [-0.25, -0.2) is 9.18 Å². The van der Waals surface area contributed by atoms with Crippen molar-refractivity contribution >= 4 is 23.5 Å². The minimum absolute atomic E-state index is 0.160. The first-order valence-electron chi connectivity index (χ1n) is 8.33. The van der Waals surface area contributed by atoms with Crippen LogP contribution in [-0.2, 0) is 9.59 Å². The first kappa shape index (κ1) is 20.4. The van der Waals surface area contributed by atoms with Crippen LogP contribution in [0.1, 0.15) is 33.1 Å². The number of amides is 4. The average Bonchev–Trinajstić information content (AvgIpc) is 2.59. The Balaban J connectivity index is 2.66. The molecule has 0 radical (unpaired) electrons. The lowest BCUT2D eigenvalue weighted by Crippen LogP contribution is -2.50. The summed E-state index contributed by atoms with van der Waals surface area (Å²) < 4.78 is 12.9. The largest absolute Gasteiger partial charge is 0.356 e. The highest BCUT2D eigenvalue weighted by atomic mass is 19.1. The van der Waals surface area contributed by atoms with Gasteiger partial charge < -0.3 is 21.3 Å². The molecule has 138 valence electrons. The zero-order chi connectivity index (χ0) is 18.7. The minimum Gasteiger partial charge on any atom is -0.356 e. The molecule has 4 amide bonds. The normalized spacial score (nSPS) is 11.3. The quantitative estimate of drug-likeness (QED) is 0.545. The van der Waals surface area contributed by atoms with Crippen LogP contribution in [0.4, 0.5) is 14.9 Å². The van der Waals surface area contributed by atoms with E-state index in [-0.39, 0.29) is 12.3 Å². The number of rotatable bonds is 9. The number of benzene rings is 1. The van der Waals surface area contributed by atoms with Crippen LogP contribution in [-0.4, -0.2) is 37.0 Å². The van der Waals surface area contributed by atoms with Gasteiger partial charge in [0.2, 0.25) is 11.8 Å². The lowest BCUT2D eigenvalue weighted by molar-refractivity contribution is -0.128. The molecule has 1 atom stereocenters. The molecule has 1 unspecified atom stereocenters. The summed E-state index contributed by atoms with van der Waals surface area (Å²) >= 11 is 0. The Bertz CT molecular complexity index is 578. The zero-order valence-corrected chi connectivity index (χ0v) is 14.5. The molecule has 0 aliphatic heterocycles. The summed E-state index contributed by atoms with van der Waals surface area (Å²) in [5.74, 6) is -1.17. The zero-order valence-electron chi connectivity index (χ0n) is 14.5. The predicted molar refractivity (Wildman–Crippen MR) is 93.6 cm³/mol. The molecule has 0 bridgehead atoms. The summed E-state index contributed by atoms with van der Waals surface area (Å²) in [6.45, 7) is 4.77. The Morgan fingerprint density at radius 2 is 1.60 bits per heavy atom. The van der Waals surface area contributed by atoms with Gasteiger partial charge in [0, 0.05) is 18.8 Å². The average molecular weight is 352 g/mol. The van der Waals surface area contributed by atoms with Crippen LogP contribution in [0.25, 0.3) is 0 Å². The molecule has 0 saturated heterocycles. The standard InChI is InChI=1S/C17H25FN4O3/c1-3-9-19-15(23)11-14(16(24)20-10-4-2)22-17(25)21-13-7-5-12(18)6-8-13/h5-8,14H,3-4,9-11H2,1-2H3,(H,19,23)(H,20,24)(H2,21,22,25). The van der Waals surface area contributed by atoms with Gasteiger partial charge in [0.25, 0.3) is 0 Å². The number of urea groups is 1. The second-order valence-corrected chi connectivity index (χ2v) is 5.50. The van der Waals surface area contributed by atoms with Crippen molar-refractivity contribution in [1.29, 1.82) is 0 Å². The van der Waals surface area contributed by atoms with Crippen LogP contribution in [0.5, 0.6) is 0 Å². The van der Waals surface area contributed by atoms with Crippen molar-refractivity contribution in [3.8, 4) is 0 Å². The third kappa shape index (κ3) is 8.14. The number of carbonyl (C=O) groups excluding carboxylic acids is 3. The van der Waals surface area contributed by atoms with E-state index in [2.05, 4.69) is 21.3 Å². The Kier molecular flexibility index (Phi) is 8.99. The molecule has 0 aliphatic rings. The number of hydrogen-bond acceptors (Lipinski definition) is 3. The highest BCUT2D eigenvalue weighted by molar-refractivity contribution is 5.95. The highest BCUT2D eigenvalue weighted by Crippen LogP contribution is 2.08. The Hall–Kier alpha value is -2.64. The van der Waals surface area contributed by atoms with Crippen molar-refractivity contribution in [2.75, 3.05) is 18.4 Å². The van der Waals surface area contributed by atoms with Crippen molar-refractivity contribution in [2.45, 2.75) is 39.2 Å². The molecule has 0 aliphatic carbocycles. The van der Waals surface area contributed by atoms with Crippen molar-refractivity contribution in [3.63, 3.8) is 0 Å². The van der Waals surface area contributed by atoms with Crippen molar-refractivity contribution in [1.82, 2.24) is 16.0 Å². The molecule has 25 heavy (non-hydrogen) atoms. The van der Waals surface area contributed by atoms with Crippen molar-refractivity contribution < 1.29 is 18.8 Å². The number of halogens is 1. The van der Waals surface area contributed by atoms with E-state index in [1.807, 2.05) is 13.8 Å². The summed E-state index contributed by atoms with van der Waals surface area (Å²) in [5, 5.41) is 10.3. The van der Waals surface area contributed by atoms with E-state index in [1.54, 1.807) is 0 Å². The van der Waals surface area contributed by atoms with Crippen LogP contribution in [0.15, 0.2) is 24.3 Å². The fourth-order valence-electron chi connectivity index (χ4n) is 1.96. The van der Waals surface area contributed by atoms with Crippen LogP contribution >= 0.6 is 0 Å². The SMILES string of the molecule is CCCNC(=O)CC(NC(=O)Nc1ccc(F)cc1)C(=O)NCCC. The molecular formula is C17H25FN4O3. The van der Waals surface area contributed by atoms with Crippen LogP contribution in [0.2, 0.25) is 0 Å². The van der Waals surface area contributed by atoms with E-state index < -0.39 is 23.8 Å². The Labute approximate surface area is 146 Å². The third-order valence-corrected chi connectivity index (χ3v) is 3.23. The highest BCUT2D eigenvalue weighted by Gasteiger charge is 2.23. The molecule has 1 rings (SSSR count). The van der Waals surface area contributed by atoms with Gasteiger partial charge >= 0.3 is 6.03 Å². The maximum Gasteiger partial charge on any atom is 0.319 e. The molecule has 4 N–H and O–H groups in total. The van der Waals surface area contributed by atoms with Crippen LogP contribution in [0, 0.1) is 5.82 Å². The minimum atomic E-state index is -0.996. The molecule has 0 saturated carbocycles. The smallest absolute Gasteiger partial charge is 0.319 e. The van der Waals surface area contributed by atoms with E-state index >= 15 is 0 Å². The first-order chi connectivity index (χ1) is 12.0. The van der Waals surface area contributed by atoms with E-state index in [4.69, 9.17) is 0 Å². The predicted octanol–water partition coefficient (Wildman–Crippen LogP) is 1.76. The fraction of sp³-hybridized carbons (Fsp3) is 0.471. The van der Waals surface area contributed by atoms with E-state index in [0.29, 0.717) is 18.8 Å². The number of nitrogens with one attached hydrogen (secondary N) is 4. The number of anilines is 1. The van der Waals surface area contributed by atoms with Gasteiger partial charge in [-0.1, -0.05) is 13.8 Å². The van der Waals surface area contributed by atoms with E-state index in [1.165, 1.54) is 24.3 Å². The topological polar surface area (TPSA) is 99.3 Å². The maximum absolute atomic E-state index is 12.9. The molecule has 1 aromatic rings. The molecule has 0 aromatic heterocycles. The van der Waals surface area contributed by atoms with Crippen LogP contribution < -0.4 is 21.3 Å². The molecule has 1 aromatic carbocycles. The number of hydrogen-bond donors (Lipinski definition) is 4. The van der Waals surface area contributed by atoms with Gasteiger partial charge in [-0.2, -0.15) is 0 Å². The first-order valence-corrected chi connectivity index (χ1v) is 8.33. The summed E-state index contributed by atoms with van der Waals surface area (Å²) in [5.41, 5.74) is 0.377. The maximum atomic E-state index is 12.9. The Morgan fingerprint density at radius 3 is 2.20 bits per heavy atom. The number of carbonyl (C=O) groups is 3. The fourth-order valence-corrected chi connectivity index (χ4v) is 1.96. The summed E-state index contributed by atoms with van der Waals surface area (Å²) in [4.78, 5) is 36.1. The van der Waals surface area contributed by atoms with Gasteiger partial charge in [0.15, 0.2) is 0 Å². The summed E-state index contributed by atoms with van der Waals surface area (Å²) in [7, 11) is 0. The van der Waals surface area contributed by atoms with Crippen molar-refractivity contribution in [2.24, 2.45) is 0 Å². The van der Waals surface area contributed by atoms with Gasteiger partial charge in [-0.15, -0.1) is 0 Å². The lowest BCUT2D eigenvalue weighted by atomic mass is 10.1. The molecule has 0 heterocycles. The van der Waals surface area contributed by atoms with E-state index in [0.717, 1.165) is 12.8 Å². The lowest BCUT2D eigenvalue weighted by Gasteiger charge is -2.18. The monoisotopic (exact) mass is 352 g/mol. The summed E-state index contributed by atoms with van der Waals surface area (Å²) in [6, 6.07) is 3.57.